The third-order valence-electron chi connectivity index (χ3n) is 2.27. The monoisotopic (exact) mass is 257 g/mol. The lowest BCUT2D eigenvalue weighted by molar-refractivity contribution is -0.153. The molecule has 2 aromatic rings. The number of alkyl halides is 3. The zero-order valence-electron chi connectivity index (χ0n) is 9.16. The van der Waals surface area contributed by atoms with Crippen LogP contribution >= 0.6 is 0 Å². The van der Waals surface area contributed by atoms with E-state index in [2.05, 4.69) is 15.1 Å². The van der Waals surface area contributed by atoms with Crippen molar-refractivity contribution < 1.29 is 17.9 Å². The number of hydrogen-bond donors (Lipinski definition) is 2. The second kappa shape index (κ2) is 4.69. The van der Waals surface area contributed by atoms with Crippen molar-refractivity contribution in [3.05, 3.63) is 30.5 Å². The van der Waals surface area contributed by atoms with Gasteiger partial charge in [-0.05, 0) is 24.3 Å². The first-order valence-electron chi connectivity index (χ1n) is 5.04. The number of ether oxygens (including phenoxy) is 1. The van der Waals surface area contributed by atoms with E-state index in [0.717, 1.165) is 0 Å². The first-order chi connectivity index (χ1) is 8.49. The van der Waals surface area contributed by atoms with Gasteiger partial charge in [-0.3, -0.25) is 10.8 Å². The highest BCUT2D eigenvalue weighted by atomic mass is 19.4. The van der Waals surface area contributed by atoms with E-state index in [1.165, 1.54) is 12.1 Å². The minimum atomic E-state index is -4.36. The van der Waals surface area contributed by atoms with E-state index >= 15 is 0 Å². The number of hydrogen-bond acceptors (Lipinski definition) is 4. The van der Waals surface area contributed by atoms with Gasteiger partial charge in [0.15, 0.2) is 6.61 Å². The van der Waals surface area contributed by atoms with Gasteiger partial charge in [-0.15, -0.1) is 0 Å². The maximum Gasteiger partial charge on any atom is 0.422 e. The quantitative estimate of drug-likeness (QED) is 0.655. The molecule has 4 nitrogen and oxygen atoms in total. The van der Waals surface area contributed by atoms with E-state index in [9.17, 15) is 13.2 Å². The third kappa shape index (κ3) is 2.80. The number of rotatable bonds is 3. The molecule has 0 bridgehead atoms. The first-order valence-corrected chi connectivity index (χ1v) is 5.04. The Morgan fingerprint density at radius 3 is 2.72 bits per heavy atom. The minimum absolute atomic E-state index is 0.115. The molecule has 2 rings (SSSR count). The normalized spacial score (nSPS) is 11.6. The van der Waals surface area contributed by atoms with Crippen molar-refractivity contribution in [3.63, 3.8) is 0 Å². The number of benzene rings is 1. The Kier molecular flexibility index (Phi) is 3.24. The van der Waals surface area contributed by atoms with E-state index in [1.54, 1.807) is 18.3 Å². The fraction of sp³-hybridized carbons (Fsp3) is 0.182. The number of nitrogens with zero attached hydrogens (tertiary/aromatic N) is 1. The van der Waals surface area contributed by atoms with Gasteiger partial charge in [0.1, 0.15) is 5.75 Å². The fourth-order valence-electron chi connectivity index (χ4n) is 1.51. The third-order valence-corrected chi connectivity index (χ3v) is 2.27. The van der Waals surface area contributed by atoms with E-state index in [4.69, 9.17) is 5.84 Å². The van der Waals surface area contributed by atoms with Crippen molar-refractivity contribution in [1.29, 1.82) is 0 Å². The van der Waals surface area contributed by atoms with Gasteiger partial charge < -0.3 is 10.2 Å². The van der Waals surface area contributed by atoms with Crippen LogP contribution in [0.3, 0.4) is 0 Å². The van der Waals surface area contributed by atoms with Crippen LogP contribution in [-0.4, -0.2) is 17.8 Å². The molecule has 18 heavy (non-hydrogen) atoms. The summed E-state index contributed by atoms with van der Waals surface area (Å²) in [6.07, 6.45) is -2.81. The lowest BCUT2D eigenvalue weighted by Gasteiger charge is -2.10. The topological polar surface area (TPSA) is 60.2 Å². The summed E-state index contributed by atoms with van der Waals surface area (Å²) < 4.78 is 40.7. The van der Waals surface area contributed by atoms with Crippen molar-refractivity contribution >= 4 is 16.6 Å². The molecule has 7 heteroatoms. The molecule has 0 unspecified atom stereocenters. The van der Waals surface area contributed by atoms with Crippen LogP contribution < -0.4 is 16.0 Å². The van der Waals surface area contributed by atoms with Gasteiger partial charge in [0, 0.05) is 11.6 Å². The van der Waals surface area contributed by atoms with Gasteiger partial charge in [-0.25, -0.2) is 0 Å². The zero-order valence-corrected chi connectivity index (χ0v) is 9.16. The largest absolute Gasteiger partial charge is 0.484 e. The van der Waals surface area contributed by atoms with Crippen molar-refractivity contribution in [2.75, 3.05) is 12.0 Å². The van der Waals surface area contributed by atoms with Gasteiger partial charge in [0.25, 0.3) is 0 Å². The highest BCUT2D eigenvalue weighted by Gasteiger charge is 2.28. The number of nitrogens with one attached hydrogen (secondary N) is 1. The zero-order chi connectivity index (χ0) is 13.2. The second-order valence-corrected chi connectivity index (χ2v) is 3.59. The lowest BCUT2D eigenvalue weighted by atomic mass is 10.2. The van der Waals surface area contributed by atoms with E-state index in [0.29, 0.717) is 16.6 Å². The van der Waals surface area contributed by atoms with Crippen LogP contribution in [-0.2, 0) is 0 Å². The summed E-state index contributed by atoms with van der Waals surface area (Å²) >= 11 is 0. The minimum Gasteiger partial charge on any atom is -0.484 e. The fourth-order valence-corrected chi connectivity index (χ4v) is 1.51. The highest BCUT2D eigenvalue weighted by Crippen LogP contribution is 2.26. The van der Waals surface area contributed by atoms with Crippen molar-refractivity contribution in [2.45, 2.75) is 6.18 Å². The molecule has 1 heterocycles. The Morgan fingerprint density at radius 1 is 1.28 bits per heavy atom. The molecule has 0 spiro atoms. The second-order valence-electron chi connectivity index (χ2n) is 3.59. The Hall–Kier alpha value is -2.02. The van der Waals surface area contributed by atoms with Crippen molar-refractivity contribution in [2.24, 2.45) is 5.84 Å². The molecule has 0 saturated heterocycles. The molecule has 0 radical (unpaired) electrons. The maximum absolute atomic E-state index is 12.0. The van der Waals surface area contributed by atoms with Crippen molar-refractivity contribution in [3.8, 4) is 5.75 Å². The molecule has 1 aromatic carbocycles. The van der Waals surface area contributed by atoms with E-state index in [1.807, 2.05) is 0 Å². The lowest BCUT2D eigenvalue weighted by Crippen LogP contribution is -2.19. The van der Waals surface area contributed by atoms with Gasteiger partial charge in [0.05, 0.1) is 11.2 Å². The molecular weight excluding hydrogens is 247 g/mol. The molecule has 0 aliphatic heterocycles. The van der Waals surface area contributed by atoms with Gasteiger partial charge >= 0.3 is 6.18 Å². The SMILES string of the molecule is NNc1ccnc2ccc(OCC(F)(F)F)cc12. The molecule has 0 aliphatic carbocycles. The Labute approximate surface area is 101 Å². The van der Waals surface area contributed by atoms with Gasteiger partial charge in [-0.2, -0.15) is 13.2 Å². The highest BCUT2D eigenvalue weighted by molar-refractivity contribution is 5.91. The number of halogens is 3. The van der Waals surface area contributed by atoms with Crippen LogP contribution in [0, 0.1) is 0 Å². The van der Waals surface area contributed by atoms with Crippen LogP contribution in [0.2, 0.25) is 0 Å². The molecule has 0 atom stereocenters. The predicted molar refractivity (Wildman–Crippen MR) is 61.1 cm³/mol. The molecule has 0 saturated carbocycles. The molecule has 1 aromatic heterocycles. The number of aromatic nitrogens is 1. The number of fused-ring (bicyclic) bond motifs is 1. The van der Waals surface area contributed by atoms with Crippen molar-refractivity contribution in [1.82, 2.24) is 4.98 Å². The number of pyridine rings is 1. The standard InChI is InChI=1S/C11H10F3N3O/c12-11(13,14)6-18-7-1-2-9-8(5-7)10(17-15)3-4-16-9/h1-5H,6,15H2,(H,16,17). The summed E-state index contributed by atoms with van der Waals surface area (Å²) in [4.78, 5) is 4.07. The van der Waals surface area contributed by atoms with Crippen LogP contribution in [0.25, 0.3) is 10.9 Å². The number of nitrogen functional groups attached to an aromatic ring is 1. The summed E-state index contributed by atoms with van der Waals surface area (Å²) in [5.74, 6) is 5.43. The smallest absolute Gasteiger partial charge is 0.422 e. The number of nitrogens with two attached hydrogens (primary N) is 1. The molecule has 96 valence electrons. The van der Waals surface area contributed by atoms with Crippen LogP contribution in [0.1, 0.15) is 0 Å². The number of anilines is 1. The molecule has 0 fully saturated rings. The summed E-state index contributed by atoms with van der Waals surface area (Å²) in [5.41, 5.74) is 3.63. The molecular formula is C11H10F3N3O. The Balaban J connectivity index is 2.31. The molecule has 0 aliphatic rings. The number of hydrazine groups is 1. The van der Waals surface area contributed by atoms with Crippen LogP contribution in [0.15, 0.2) is 30.5 Å². The Morgan fingerprint density at radius 2 is 2.06 bits per heavy atom. The van der Waals surface area contributed by atoms with Crippen LogP contribution in [0.4, 0.5) is 18.9 Å². The molecule has 3 N–H and O–H groups in total. The van der Waals surface area contributed by atoms with Gasteiger partial charge in [0.2, 0.25) is 0 Å². The van der Waals surface area contributed by atoms with E-state index in [-0.39, 0.29) is 5.75 Å². The summed E-state index contributed by atoms with van der Waals surface area (Å²) in [6.45, 7) is -1.33. The van der Waals surface area contributed by atoms with Crippen LogP contribution in [0.5, 0.6) is 5.75 Å². The van der Waals surface area contributed by atoms with Gasteiger partial charge in [-0.1, -0.05) is 0 Å². The molecule has 0 amide bonds. The summed E-state index contributed by atoms with van der Waals surface area (Å²) in [7, 11) is 0. The average molecular weight is 257 g/mol. The van der Waals surface area contributed by atoms with E-state index < -0.39 is 12.8 Å². The summed E-state index contributed by atoms with van der Waals surface area (Å²) in [6, 6.07) is 6.09. The predicted octanol–water partition coefficient (Wildman–Crippen LogP) is 2.46. The average Bonchev–Trinajstić information content (AvgIpc) is 2.34. The first kappa shape index (κ1) is 12.4. The summed E-state index contributed by atoms with van der Waals surface area (Å²) in [5, 5.41) is 0.597. The Bertz CT molecular complexity index is 557. The maximum atomic E-state index is 12.0.